The molecule has 3 rings (SSSR count). The first-order chi connectivity index (χ1) is 9.75. The van der Waals surface area contributed by atoms with Crippen LogP contribution in [0, 0.1) is 22.7 Å². The highest BCUT2D eigenvalue weighted by molar-refractivity contribution is 5.24. The Labute approximate surface area is 120 Å². The van der Waals surface area contributed by atoms with Crippen LogP contribution in [-0.4, -0.2) is 17.3 Å². The third-order valence-electron chi connectivity index (χ3n) is 5.05. The molecule has 0 bridgehead atoms. The first kappa shape index (κ1) is 13.5. The van der Waals surface area contributed by atoms with Gasteiger partial charge in [-0.3, -0.25) is 0 Å². The largest absolute Gasteiger partial charge is 0.485 e. The highest BCUT2D eigenvalue weighted by Gasteiger charge is 2.56. The highest BCUT2D eigenvalue weighted by Crippen LogP contribution is 2.52. The van der Waals surface area contributed by atoms with Crippen LogP contribution in [0.1, 0.15) is 57.8 Å². The van der Waals surface area contributed by atoms with Gasteiger partial charge in [0.05, 0.1) is 24.6 Å². The number of ether oxygens (including phenoxy) is 2. The molecule has 0 aromatic rings. The number of hydrogen-bond acceptors (Lipinski definition) is 4. The topological polar surface area (TPSA) is 66.0 Å². The lowest BCUT2D eigenvalue weighted by Gasteiger charge is -2.50. The molecule has 1 atom stereocenters. The Balaban J connectivity index is 1.95. The van der Waals surface area contributed by atoms with Crippen LogP contribution in [0.3, 0.4) is 0 Å². The van der Waals surface area contributed by atoms with Crippen LogP contribution < -0.4 is 0 Å². The lowest BCUT2D eigenvalue weighted by atomic mass is 9.86. The van der Waals surface area contributed by atoms with E-state index in [0.717, 1.165) is 51.4 Å². The maximum atomic E-state index is 9.11. The number of allylic oxidation sites excluding steroid dienone is 1. The average molecular weight is 272 g/mol. The Morgan fingerprint density at radius 3 is 2.35 bits per heavy atom. The van der Waals surface area contributed by atoms with Gasteiger partial charge in [-0.15, -0.1) is 0 Å². The van der Waals surface area contributed by atoms with E-state index in [1.807, 2.05) is 0 Å². The minimum absolute atomic E-state index is 0.149. The molecule has 1 unspecified atom stereocenters. The van der Waals surface area contributed by atoms with E-state index >= 15 is 0 Å². The van der Waals surface area contributed by atoms with Gasteiger partial charge in [0.25, 0.3) is 0 Å². The van der Waals surface area contributed by atoms with Gasteiger partial charge in [0.2, 0.25) is 0 Å². The van der Waals surface area contributed by atoms with E-state index in [9.17, 15) is 0 Å². The summed E-state index contributed by atoms with van der Waals surface area (Å²) in [6.45, 7) is 0. The van der Waals surface area contributed by atoms with Gasteiger partial charge in [-0.25, -0.2) is 0 Å². The van der Waals surface area contributed by atoms with Gasteiger partial charge in [-0.05, 0) is 51.4 Å². The van der Waals surface area contributed by atoms with Gasteiger partial charge in [0.1, 0.15) is 23.1 Å². The van der Waals surface area contributed by atoms with Crippen molar-refractivity contribution < 1.29 is 9.47 Å². The molecule has 0 aromatic heterocycles. The number of nitriles is 2. The van der Waals surface area contributed by atoms with Crippen molar-refractivity contribution in [3.63, 3.8) is 0 Å². The Hall–Kier alpha value is -1.52. The van der Waals surface area contributed by atoms with Crippen LogP contribution in [0.4, 0.5) is 0 Å². The zero-order valence-corrected chi connectivity index (χ0v) is 11.7. The Kier molecular flexibility index (Phi) is 3.44. The smallest absolute Gasteiger partial charge is 0.139 e. The molecule has 0 radical (unpaired) electrons. The lowest BCUT2D eigenvalue weighted by molar-refractivity contribution is -0.234. The van der Waals surface area contributed by atoms with Crippen LogP contribution in [-0.2, 0) is 9.47 Å². The molecule has 3 aliphatic rings. The molecule has 106 valence electrons. The molecule has 0 amide bonds. The SMILES string of the molecule is N#CC=C1OC2(CCCC2)C(CC#N)OC12CCCC2. The van der Waals surface area contributed by atoms with Crippen molar-refractivity contribution in [3.05, 3.63) is 11.8 Å². The molecule has 1 heterocycles. The molecule has 0 aromatic carbocycles. The molecule has 2 saturated carbocycles. The van der Waals surface area contributed by atoms with E-state index in [1.54, 1.807) is 0 Å². The summed E-state index contributed by atoms with van der Waals surface area (Å²) in [5.74, 6) is 0.716. The summed E-state index contributed by atoms with van der Waals surface area (Å²) in [7, 11) is 0. The van der Waals surface area contributed by atoms with Crippen molar-refractivity contribution in [2.45, 2.75) is 75.1 Å². The van der Waals surface area contributed by atoms with Crippen LogP contribution >= 0.6 is 0 Å². The second-order valence-corrected chi connectivity index (χ2v) is 6.18. The summed E-state index contributed by atoms with van der Waals surface area (Å²) in [5, 5.41) is 18.2. The van der Waals surface area contributed by atoms with Crippen LogP contribution in [0.15, 0.2) is 11.8 Å². The van der Waals surface area contributed by atoms with Gasteiger partial charge in [-0.1, -0.05) is 0 Å². The predicted molar refractivity (Wildman–Crippen MR) is 72.3 cm³/mol. The zero-order valence-electron chi connectivity index (χ0n) is 11.7. The molecule has 1 aliphatic heterocycles. The van der Waals surface area contributed by atoms with Crippen molar-refractivity contribution in [2.24, 2.45) is 0 Å². The fourth-order valence-electron chi connectivity index (χ4n) is 4.05. The van der Waals surface area contributed by atoms with Crippen molar-refractivity contribution in [3.8, 4) is 12.1 Å². The third kappa shape index (κ3) is 2.00. The van der Waals surface area contributed by atoms with Gasteiger partial charge in [-0.2, -0.15) is 10.5 Å². The van der Waals surface area contributed by atoms with Crippen LogP contribution in [0.25, 0.3) is 0 Å². The summed E-state index contributed by atoms with van der Waals surface area (Å²) >= 11 is 0. The highest BCUT2D eigenvalue weighted by atomic mass is 16.6. The summed E-state index contributed by atoms with van der Waals surface area (Å²) in [5.41, 5.74) is -0.808. The van der Waals surface area contributed by atoms with E-state index in [0.29, 0.717) is 12.2 Å². The molecule has 1 saturated heterocycles. The van der Waals surface area contributed by atoms with Crippen molar-refractivity contribution >= 4 is 0 Å². The van der Waals surface area contributed by atoms with Crippen molar-refractivity contribution in [1.29, 1.82) is 10.5 Å². The zero-order chi connectivity index (χ0) is 14.1. The Morgan fingerprint density at radius 1 is 1.10 bits per heavy atom. The van der Waals surface area contributed by atoms with E-state index in [1.165, 1.54) is 6.08 Å². The van der Waals surface area contributed by atoms with E-state index in [2.05, 4.69) is 12.1 Å². The molecule has 0 N–H and O–H groups in total. The summed E-state index contributed by atoms with van der Waals surface area (Å²) in [6.07, 6.45) is 9.82. The second kappa shape index (κ2) is 5.11. The standard InChI is InChI=1S/C16H20N2O2/c17-11-5-13-15(7-1-2-8-15)19-14(6-12-18)16(20-13)9-3-4-10-16/h5,14H,1-4,6-10H2. The minimum Gasteiger partial charge on any atom is -0.485 e. The van der Waals surface area contributed by atoms with Gasteiger partial charge < -0.3 is 9.47 Å². The Bertz CT molecular complexity index is 486. The maximum Gasteiger partial charge on any atom is 0.139 e. The minimum atomic E-state index is -0.439. The lowest BCUT2D eigenvalue weighted by Crippen LogP contribution is -2.55. The van der Waals surface area contributed by atoms with E-state index < -0.39 is 5.60 Å². The molecule has 2 spiro atoms. The molecule has 4 heteroatoms. The number of rotatable bonds is 1. The number of nitrogens with zero attached hydrogens (tertiary/aromatic N) is 2. The fraction of sp³-hybridized carbons (Fsp3) is 0.750. The molecule has 3 fully saturated rings. The molecule has 2 aliphatic carbocycles. The Morgan fingerprint density at radius 2 is 1.75 bits per heavy atom. The molecular weight excluding hydrogens is 252 g/mol. The fourth-order valence-corrected chi connectivity index (χ4v) is 4.05. The molecule has 4 nitrogen and oxygen atoms in total. The van der Waals surface area contributed by atoms with E-state index in [-0.39, 0.29) is 11.7 Å². The first-order valence-electron chi connectivity index (χ1n) is 7.59. The number of hydrogen-bond donors (Lipinski definition) is 0. The molecule has 20 heavy (non-hydrogen) atoms. The van der Waals surface area contributed by atoms with E-state index in [4.69, 9.17) is 20.0 Å². The van der Waals surface area contributed by atoms with Crippen molar-refractivity contribution in [1.82, 2.24) is 0 Å². The first-order valence-corrected chi connectivity index (χ1v) is 7.59. The average Bonchev–Trinajstić information content (AvgIpc) is 3.07. The maximum absolute atomic E-state index is 9.11. The normalized spacial score (nSPS) is 32.1. The second-order valence-electron chi connectivity index (χ2n) is 6.18. The summed E-state index contributed by atoms with van der Waals surface area (Å²) in [4.78, 5) is 0. The van der Waals surface area contributed by atoms with Crippen LogP contribution in [0.5, 0.6) is 0 Å². The third-order valence-corrected chi connectivity index (χ3v) is 5.05. The van der Waals surface area contributed by atoms with Crippen LogP contribution in [0.2, 0.25) is 0 Å². The van der Waals surface area contributed by atoms with Gasteiger partial charge >= 0.3 is 0 Å². The monoisotopic (exact) mass is 272 g/mol. The van der Waals surface area contributed by atoms with Gasteiger partial charge in [0, 0.05) is 0 Å². The predicted octanol–water partition coefficient (Wildman–Crippen LogP) is 3.35. The summed E-state index contributed by atoms with van der Waals surface area (Å²) < 4.78 is 12.8. The van der Waals surface area contributed by atoms with Crippen molar-refractivity contribution in [2.75, 3.05) is 0 Å². The quantitative estimate of drug-likeness (QED) is 0.686. The summed E-state index contributed by atoms with van der Waals surface area (Å²) in [6, 6.07) is 4.36. The van der Waals surface area contributed by atoms with Gasteiger partial charge in [0.15, 0.2) is 0 Å². The molecular formula is C16H20N2O2.